The standard InChI is InChI=1S/C27H26BrNO4/c1-3-14-29(25(26(30)31)18-12-13-24(28)17(2)15-18)27(32)33-16-23-21-10-6-4-8-19(21)20-9-5-7-11-22(20)23/h4-13,15,23,25H,3,14,16H2,1-2H3,(H,30,31). The average Bonchev–Trinajstić information content (AvgIpc) is 3.13. The van der Waals surface area contributed by atoms with Crippen LogP contribution in [0.2, 0.25) is 0 Å². The van der Waals surface area contributed by atoms with Gasteiger partial charge < -0.3 is 9.84 Å². The largest absolute Gasteiger partial charge is 0.479 e. The normalized spacial score (nSPS) is 13.2. The maximum Gasteiger partial charge on any atom is 0.410 e. The van der Waals surface area contributed by atoms with Gasteiger partial charge in [0.15, 0.2) is 6.04 Å². The molecule has 3 aromatic rings. The molecule has 1 N–H and O–H groups in total. The zero-order valence-corrected chi connectivity index (χ0v) is 20.2. The Balaban J connectivity index is 1.59. The van der Waals surface area contributed by atoms with Gasteiger partial charge in [-0.25, -0.2) is 9.59 Å². The molecule has 0 fully saturated rings. The van der Waals surface area contributed by atoms with E-state index in [0.717, 1.165) is 32.3 Å². The molecule has 5 nitrogen and oxygen atoms in total. The maximum absolute atomic E-state index is 13.2. The Kier molecular flexibility index (Phi) is 6.84. The number of hydrogen-bond donors (Lipinski definition) is 1. The third kappa shape index (κ3) is 4.53. The van der Waals surface area contributed by atoms with Crippen molar-refractivity contribution in [2.24, 2.45) is 0 Å². The van der Waals surface area contributed by atoms with E-state index >= 15 is 0 Å². The van der Waals surface area contributed by atoms with Crippen molar-refractivity contribution in [3.8, 4) is 11.1 Å². The first kappa shape index (κ1) is 23.1. The van der Waals surface area contributed by atoms with Crippen molar-refractivity contribution in [3.05, 3.63) is 93.5 Å². The lowest BCUT2D eigenvalue weighted by Crippen LogP contribution is -2.40. The van der Waals surface area contributed by atoms with Gasteiger partial charge in [-0.2, -0.15) is 0 Å². The Bertz CT molecular complexity index is 1150. The van der Waals surface area contributed by atoms with Crippen LogP contribution in [0.25, 0.3) is 11.1 Å². The number of aryl methyl sites for hydroxylation is 1. The molecule has 0 spiro atoms. The summed E-state index contributed by atoms with van der Waals surface area (Å²) in [5.41, 5.74) is 5.98. The molecular weight excluding hydrogens is 482 g/mol. The number of carbonyl (C=O) groups is 2. The SMILES string of the molecule is CCCN(C(=O)OCC1c2ccccc2-c2ccccc21)C(C(=O)O)c1ccc(Br)c(C)c1. The summed E-state index contributed by atoms with van der Waals surface area (Å²) in [4.78, 5) is 26.8. The number of nitrogens with zero attached hydrogens (tertiary/aromatic N) is 1. The van der Waals surface area contributed by atoms with Crippen molar-refractivity contribution >= 4 is 28.0 Å². The highest BCUT2D eigenvalue weighted by Crippen LogP contribution is 2.44. The number of benzene rings is 3. The second-order valence-corrected chi connectivity index (χ2v) is 9.10. The summed E-state index contributed by atoms with van der Waals surface area (Å²) in [6.45, 7) is 4.24. The molecule has 170 valence electrons. The van der Waals surface area contributed by atoms with Gasteiger partial charge in [-0.15, -0.1) is 0 Å². The number of fused-ring (bicyclic) bond motifs is 3. The molecule has 6 heteroatoms. The van der Waals surface area contributed by atoms with Crippen LogP contribution in [0.5, 0.6) is 0 Å². The summed E-state index contributed by atoms with van der Waals surface area (Å²) >= 11 is 3.45. The van der Waals surface area contributed by atoms with E-state index in [0.29, 0.717) is 12.0 Å². The molecule has 4 rings (SSSR count). The summed E-state index contributed by atoms with van der Waals surface area (Å²) in [6, 6.07) is 20.5. The molecule has 1 unspecified atom stereocenters. The Morgan fingerprint density at radius 2 is 1.64 bits per heavy atom. The van der Waals surface area contributed by atoms with Crippen molar-refractivity contribution in [2.75, 3.05) is 13.2 Å². The fraction of sp³-hybridized carbons (Fsp3) is 0.259. The number of aliphatic carboxylic acids is 1. The molecule has 1 aliphatic carbocycles. The van der Waals surface area contributed by atoms with Crippen LogP contribution >= 0.6 is 15.9 Å². The molecule has 33 heavy (non-hydrogen) atoms. The number of halogens is 1. The lowest BCUT2D eigenvalue weighted by atomic mass is 9.98. The van der Waals surface area contributed by atoms with Crippen molar-refractivity contribution in [1.29, 1.82) is 0 Å². The first-order chi connectivity index (χ1) is 15.9. The average molecular weight is 508 g/mol. The lowest BCUT2D eigenvalue weighted by molar-refractivity contribution is -0.143. The van der Waals surface area contributed by atoms with Crippen LogP contribution in [0.3, 0.4) is 0 Å². The summed E-state index contributed by atoms with van der Waals surface area (Å²) in [7, 11) is 0. The zero-order chi connectivity index (χ0) is 23.5. The van der Waals surface area contributed by atoms with Crippen LogP contribution in [0.4, 0.5) is 4.79 Å². The van der Waals surface area contributed by atoms with Crippen LogP contribution in [0, 0.1) is 6.92 Å². The summed E-state index contributed by atoms with van der Waals surface area (Å²) in [5.74, 6) is -1.17. The number of hydrogen-bond acceptors (Lipinski definition) is 3. The van der Waals surface area contributed by atoms with Gasteiger partial charge in [0.1, 0.15) is 6.61 Å². The van der Waals surface area contributed by atoms with Crippen molar-refractivity contribution in [1.82, 2.24) is 4.90 Å². The predicted molar refractivity (Wildman–Crippen MR) is 131 cm³/mol. The fourth-order valence-electron chi connectivity index (χ4n) is 4.54. The number of carboxylic acid groups (broad SMARTS) is 1. The van der Waals surface area contributed by atoms with Crippen LogP contribution in [0.15, 0.2) is 71.2 Å². The van der Waals surface area contributed by atoms with E-state index in [1.165, 1.54) is 4.90 Å². The Morgan fingerprint density at radius 3 is 2.18 bits per heavy atom. The number of carboxylic acids is 1. The molecule has 1 amide bonds. The van der Waals surface area contributed by atoms with Gasteiger partial charge in [0, 0.05) is 16.9 Å². The number of ether oxygens (including phenoxy) is 1. The van der Waals surface area contributed by atoms with Gasteiger partial charge in [-0.1, -0.05) is 83.5 Å². The third-order valence-corrected chi connectivity index (χ3v) is 6.97. The smallest absolute Gasteiger partial charge is 0.410 e. The highest BCUT2D eigenvalue weighted by atomic mass is 79.9. The summed E-state index contributed by atoms with van der Waals surface area (Å²) in [6.07, 6.45) is -0.00424. The highest BCUT2D eigenvalue weighted by Gasteiger charge is 2.34. The van der Waals surface area contributed by atoms with Crippen molar-refractivity contribution in [3.63, 3.8) is 0 Å². The van der Waals surface area contributed by atoms with E-state index in [-0.39, 0.29) is 19.1 Å². The minimum atomic E-state index is -1.12. The first-order valence-electron chi connectivity index (χ1n) is 11.0. The van der Waals surface area contributed by atoms with Gasteiger partial charge in [0.05, 0.1) is 0 Å². The minimum absolute atomic E-state index is 0.0805. The molecule has 1 atom stereocenters. The second-order valence-electron chi connectivity index (χ2n) is 8.25. The van der Waals surface area contributed by atoms with Crippen molar-refractivity contribution in [2.45, 2.75) is 32.2 Å². The second kappa shape index (κ2) is 9.79. The molecule has 0 radical (unpaired) electrons. The van der Waals surface area contributed by atoms with Gasteiger partial charge >= 0.3 is 12.1 Å². The van der Waals surface area contributed by atoms with Crippen LogP contribution in [-0.4, -0.2) is 35.2 Å². The summed E-state index contributed by atoms with van der Waals surface area (Å²) < 4.78 is 6.66. The molecule has 0 saturated carbocycles. The van der Waals surface area contributed by atoms with E-state index in [4.69, 9.17) is 4.74 Å². The number of amides is 1. The fourth-order valence-corrected chi connectivity index (χ4v) is 4.78. The molecule has 3 aromatic carbocycles. The Hall–Kier alpha value is -3.12. The lowest BCUT2D eigenvalue weighted by Gasteiger charge is -2.29. The van der Waals surface area contributed by atoms with E-state index in [2.05, 4.69) is 40.2 Å². The monoisotopic (exact) mass is 507 g/mol. The number of carbonyl (C=O) groups excluding carboxylic acids is 1. The zero-order valence-electron chi connectivity index (χ0n) is 18.6. The van der Waals surface area contributed by atoms with Gasteiger partial charge in [-0.05, 0) is 52.8 Å². The predicted octanol–water partition coefficient (Wildman–Crippen LogP) is 6.54. The van der Waals surface area contributed by atoms with E-state index in [9.17, 15) is 14.7 Å². The molecule has 0 saturated heterocycles. The number of rotatable bonds is 7. The summed E-state index contributed by atoms with van der Waals surface area (Å²) in [5, 5.41) is 10.0. The Morgan fingerprint density at radius 1 is 1.03 bits per heavy atom. The molecule has 0 aliphatic heterocycles. The van der Waals surface area contributed by atoms with E-state index < -0.39 is 18.1 Å². The molecular formula is C27H26BrNO4. The van der Waals surface area contributed by atoms with Gasteiger partial charge in [-0.3, -0.25) is 4.90 Å². The quantitative estimate of drug-likeness (QED) is 0.393. The molecule has 0 heterocycles. The van der Waals surface area contributed by atoms with Crippen LogP contribution < -0.4 is 0 Å². The molecule has 0 bridgehead atoms. The third-order valence-electron chi connectivity index (χ3n) is 6.08. The first-order valence-corrected chi connectivity index (χ1v) is 11.8. The maximum atomic E-state index is 13.2. The van der Waals surface area contributed by atoms with E-state index in [1.807, 2.05) is 44.2 Å². The Labute approximate surface area is 202 Å². The van der Waals surface area contributed by atoms with Gasteiger partial charge in [0.25, 0.3) is 0 Å². The van der Waals surface area contributed by atoms with Crippen LogP contribution in [0.1, 0.15) is 47.6 Å². The van der Waals surface area contributed by atoms with Crippen LogP contribution in [-0.2, 0) is 9.53 Å². The minimum Gasteiger partial charge on any atom is -0.479 e. The van der Waals surface area contributed by atoms with Gasteiger partial charge in [0.2, 0.25) is 0 Å². The molecule has 0 aromatic heterocycles. The topological polar surface area (TPSA) is 66.8 Å². The van der Waals surface area contributed by atoms with E-state index in [1.54, 1.807) is 12.1 Å². The highest BCUT2D eigenvalue weighted by molar-refractivity contribution is 9.10. The molecule has 1 aliphatic rings. The van der Waals surface area contributed by atoms with Crippen molar-refractivity contribution < 1.29 is 19.4 Å².